The van der Waals surface area contributed by atoms with E-state index in [0.717, 1.165) is 19.3 Å². The number of ether oxygens (including phenoxy) is 2. The molecule has 110 valence electrons. The van der Waals surface area contributed by atoms with Crippen molar-refractivity contribution in [2.24, 2.45) is 5.11 Å². The smallest absolute Gasteiger partial charge is 0.163 e. The zero-order valence-corrected chi connectivity index (χ0v) is 12.1. The minimum atomic E-state index is -0.682. The highest BCUT2D eigenvalue weighted by Crippen LogP contribution is 2.33. The lowest BCUT2D eigenvalue weighted by atomic mass is 10.0. The molecule has 0 unspecified atom stereocenters. The van der Waals surface area contributed by atoms with E-state index in [1.54, 1.807) is 0 Å². The molecule has 6 heteroatoms. The molecule has 1 saturated heterocycles. The van der Waals surface area contributed by atoms with Gasteiger partial charge in [0, 0.05) is 4.91 Å². The van der Waals surface area contributed by atoms with Crippen molar-refractivity contribution in [3.05, 3.63) is 10.4 Å². The van der Waals surface area contributed by atoms with E-state index < -0.39 is 11.8 Å². The van der Waals surface area contributed by atoms with Gasteiger partial charge in [0.15, 0.2) is 5.79 Å². The highest BCUT2D eigenvalue weighted by atomic mass is 16.8. The topological polar surface area (TPSA) is 87.5 Å². The number of aliphatic hydroxyl groups is 1. The zero-order chi connectivity index (χ0) is 14.3. The molecule has 19 heavy (non-hydrogen) atoms. The van der Waals surface area contributed by atoms with Crippen molar-refractivity contribution in [2.75, 3.05) is 6.61 Å². The second-order valence-corrected chi connectivity index (χ2v) is 5.44. The first-order chi connectivity index (χ1) is 9.04. The third kappa shape index (κ3) is 4.99. The molecule has 1 fully saturated rings. The molecule has 0 saturated carbocycles. The fourth-order valence-electron chi connectivity index (χ4n) is 2.46. The van der Waals surface area contributed by atoms with Gasteiger partial charge in [-0.1, -0.05) is 37.7 Å². The van der Waals surface area contributed by atoms with Crippen LogP contribution < -0.4 is 0 Å². The second kappa shape index (κ2) is 7.70. The molecule has 0 aromatic rings. The van der Waals surface area contributed by atoms with Crippen molar-refractivity contribution >= 4 is 0 Å². The van der Waals surface area contributed by atoms with E-state index >= 15 is 0 Å². The summed E-state index contributed by atoms with van der Waals surface area (Å²) >= 11 is 0. The second-order valence-electron chi connectivity index (χ2n) is 5.44. The van der Waals surface area contributed by atoms with Crippen LogP contribution in [0.4, 0.5) is 0 Å². The summed E-state index contributed by atoms with van der Waals surface area (Å²) in [7, 11) is 0. The van der Waals surface area contributed by atoms with Gasteiger partial charge < -0.3 is 14.6 Å². The highest BCUT2D eigenvalue weighted by molar-refractivity contribution is 4.90. The van der Waals surface area contributed by atoms with Gasteiger partial charge in [0.05, 0.1) is 24.9 Å². The Hall–Kier alpha value is -0.810. The Kier molecular flexibility index (Phi) is 6.58. The molecule has 0 bridgehead atoms. The summed E-state index contributed by atoms with van der Waals surface area (Å²) < 4.78 is 11.6. The van der Waals surface area contributed by atoms with Crippen LogP contribution in [-0.2, 0) is 9.47 Å². The normalized spacial score (nSPS) is 26.9. The third-order valence-electron chi connectivity index (χ3n) is 3.33. The molecule has 1 aliphatic rings. The summed E-state index contributed by atoms with van der Waals surface area (Å²) in [5.41, 5.74) is 8.54. The quantitative estimate of drug-likeness (QED) is 0.318. The largest absolute Gasteiger partial charge is 0.396 e. The van der Waals surface area contributed by atoms with E-state index in [1.807, 2.05) is 13.8 Å². The molecular formula is C13H25N3O3. The molecule has 0 aliphatic carbocycles. The van der Waals surface area contributed by atoms with Crippen molar-refractivity contribution < 1.29 is 14.6 Å². The van der Waals surface area contributed by atoms with Gasteiger partial charge in [0.1, 0.15) is 0 Å². The summed E-state index contributed by atoms with van der Waals surface area (Å²) in [5, 5.41) is 12.9. The Morgan fingerprint density at radius 3 is 2.63 bits per heavy atom. The van der Waals surface area contributed by atoms with Crippen LogP contribution in [0.1, 0.15) is 52.9 Å². The number of hydrogen-bond donors (Lipinski definition) is 1. The summed E-state index contributed by atoms with van der Waals surface area (Å²) in [6.07, 6.45) is 5.01. The van der Waals surface area contributed by atoms with Crippen LogP contribution in [0.2, 0.25) is 0 Å². The van der Waals surface area contributed by atoms with Crippen molar-refractivity contribution in [3.8, 4) is 0 Å². The minimum absolute atomic E-state index is 0.116. The minimum Gasteiger partial charge on any atom is -0.396 e. The van der Waals surface area contributed by atoms with E-state index in [1.165, 1.54) is 12.8 Å². The number of rotatable bonds is 8. The van der Waals surface area contributed by atoms with Crippen LogP contribution >= 0.6 is 0 Å². The molecule has 0 aromatic carbocycles. The summed E-state index contributed by atoms with van der Waals surface area (Å²) in [6, 6.07) is -0.581. The van der Waals surface area contributed by atoms with Crippen LogP contribution in [0.15, 0.2) is 5.11 Å². The Morgan fingerprint density at radius 1 is 1.32 bits per heavy atom. The van der Waals surface area contributed by atoms with Crippen molar-refractivity contribution in [2.45, 2.75) is 76.9 Å². The number of azide groups is 1. The van der Waals surface area contributed by atoms with E-state index in [2.05, 4.69) is 16.9 Å². The van der Waals surface area contributed by atoms with Crippen molar-refractivity contribution in [3.63, 3.8) is 0 Å². The van der Waals surface area contributed by atoms with Gasteiger partial charge in [0.2, 0.25) is 0 Å². The fourth-order valence-corrected chi connectivity index (χ4v) is 2.46. The lowest BCUT2D eigenvalue weighted by Gasteiger charge is -2.21. The van der Waals surface area contributed by atoms with Gasteiger partial charge in [-0.2, -0.15) is 0 Å². The van der Waals surface area contributed by atoms with Gasteiger partial charge >= 0.3 is 0 Å². The van der Waals surface area contributed by atoms with Crippen LogP contribution in [0.25, 0.3) is 10.4 Å². The molecule has 0 radical (unpaired) electrons. The van der Waals surface area contributed by atoms with Crippen LogP contribution in [0, 0.1) is 0 Å². The molecule has 1 rings (SSSR count). The molecule has 0 amide bonds. The maximum Gasteiger partial charge on any atom is 0.163 e. The molecule has 1 heterocycles. The Morgan fingerprint density at radius 2 is 2.05 bits per heavy atom. The fraction of sp³-hybridized carbons (Fsp3) is 1.00. The molecule has 6 nitrogen and oxygen atoms in total. The summed E-state index contributed by atoms with van der Waals surface area (Å²) in [4.78, 5) is 2.77. The molecule has 1 N–H and O–H groups in total. The molecule has 0 aromatic heterocycles. The Bertz CT molecular complexity index is 316. The maximum absolute atomic E-state index is 9.31. The summed E-state index contributed by atoms with van der Waals surface area (Å²) in [6.45, 7) is 5.64. The molecular weight excluding hydrogens is 246 g/mol. The van der Waals surface area contributed by atoms with Crippen LogP contribution in [0.5, 0.6) is 0 Å². The standard InChI is InChI=1S/C13H25N3O3/c1-4-5-6-7-8-11-12(10(9-17)15-16-14)19-13(2,3)18-11/h10-12,17H,4-9H2,1-3H3/t10-,11-,12-/m0/s1. The lowest BCUT2D eigenvalue weighted by Crippen LogP contribution is -2.36. The van der Waals surface area contributed by atoms with Gasteiger partial charge in [-0.3, -0.25) is 0 Å². The van der Waals surface area contributed by atoms with Gasteiger partial charge in [-0.15, -0.1) is 0 Å². The number of nitrogens with zero attached hydrogens (tertiary/aromatic N) is 3. The van der Waals surface area contributed by atoms with Gasteiger partial charge in [0.25, 0.3) is 0 Å². The van der Waals surface area contributed by atoms with Crippen molar-refractivity contribution in [1.29, 1.82) is 0 Å². The molecule has 3 atom stereocenters. The van der Waals surface area contributed by atoms with Gasteiger partial charge in [-0.05, 0) is 25.8 Å². The first-order valence-electron chi connectivity index (χ1n) is 7.04. The first kappa shape index (κ1) is 16.2. The highest BCUT2D eigenvalue weighted by Gasteiger charge is 2.44. The average Bonchev–Trinajstić information content (AvgIpc) is 2.67. The molecule has 0 spiro atoms. The maximum atomic E-state index is 9.31. The number of aliphatic hydroxyl groups excluding tert-OH is 1. The van der Waals surface area contributed by atoms with E-state index in [-0.39, 0.29) is 18.8 Å². The third-order valence-corrected chi connectivity index (χ3v) is 3.33. The van der Waals surface area contributed by atoms with Crippen LogP contribution in [-0.4, -0.2) is 35.8 Å². The van der Waals surface area contributed by atoms with Crippen molar-refractivity contribution in [1.82, 2.24) is 0 Å². The predicted octanol–water partition coefficient (Wildman–Crippen LogP) is 3.15. The Labute approximate surface area is 114 Å². The van der Waals surface area contributed by atoms with E-state index in [4.69, 9.17) is 15.0 Å². The Balaban J connectivity index is 2.61. The zero-order valence-electron chi connectivity index (χ0n) is 12.1. The average molecular weight is 271 g/mol. The predicted molar refractivity (Wildman–Crippen MR) is 72.6 cm³/mol. The van der Waals surface area contributed by atoms with E-state index in [9.17, 15) is 5.11 Å². The number of hydrogen-bond acceptors (Lipinski definition) is 4. The number of unbranched alkanes of at least 4 members (excludes halogenated alkanes) is 3. The lowest BCUT2D eigenvalue weighted by molar-refractivity contribution is -0.148. The SMILES string of the molecule is CCCCCC[C@@H]1OC(C)(C)O[C@H]1[C@H](CO)N=[N+]=[N-]. The van der Waals surface area contributed by atoms with Gasteiger partial charge in [-0.25, -0.2) is 0 Å². The monoisotopic (exact) mass is 271 g/mol. The van der Waals surface area contributed by atoms with Crippen LogP contribution in [0.3, 0.4) is 0 Å². The summed E-state index contributed by atoms with van der Waals surface area (Å²) in [5.74, 6) is -0.682. The van der Waals surface area contributed by atoms with E-state index in [0.29, 0.717) is 0 Å². The first-order valence-corrected chi connectivity index (χ1v) is 7.04. The molecule has 1 aliphatic heterocycles.